The number of nitrogens with zero attached hydrogens (tertiary/aromatic N) is 1. The highest BCUT2D eigenvalue weighted by Gasteiger charge is 2.70. The van der Waals surface area contributed by atoms with Crippen LogP contribution in [0.2, 0.25) is 0 Å². The summed E-state index contributed by atoms with van der Waals surface area (Å²) < 4.78 is 1.82. The van der Waals surface area contributed by atoms with E-state index in [0.717, 1.165) is 16.8 Å². The molecule has 0 unspecified atom stereocenters. The summed E-state index contributed by atoms with van der Waals surface area (Å²) in [7, 11) is 0. The molecular weight excluding hydrogens is 298 g/mol. The van der Waals surface area contributed by atoms with Crippen LogP contribution in [0.4, 0.5) is 0 Å². The van der Waals surface area contributed by atoms with E-state index in [1.54, 1.807) is 0 Å². The minimum atomic E-state index is -1.81. The number of carbonyl (C=O) groups excluding carboxylic acids is 1. The van der Waals surface area contributed by atoms with Gasteiger partial charge in [-0.25, -0.2) is 4.58 Å². The van der Waals surface area contributed by atoms with Gasteiger partial charge in [0.15, 0.2) is 5.72 Å². The van der Waals surface area contributed by atoms with E-state index in [-0.39, 0.29) is 11.8 Å². The Morgan fingerprint density at radius 2 is 1.58 bits per heavy atom. The molecule has 0 N–H and O–H groups in total. The normalized spacial score (nSPS) is 28.0. The van der Waals surface area contributed by atoms with Crippen LogP contribution in [-0.4, -0.2) is 22.1 Å². The minimum absolute atomic E-state index is 0.0524. The van der Waals surface area contributed by atoms with Gasteiger partial charge in [0.25, 0.3) is 0 Å². The zero-order chi connectivity index (χ0) is 17.1. The Labute approximate surface area is 142 Å². The lowest BCUT2D eigenvalue weighted by Gasteiger charge is -2.34. The Morgan fingerprint density at radius 1 is 1.00 bits per heavy atom. The predicted octanol–water partition coefficient (Wildman–Crippen LogP) is 2.35. The van der Waals surface area contributed by atoms with Crippen LogP contribution >= 0.6 is 0 Å². The van der Waals surface area contributed by atoms with Gasteiger partial charge < -0.3 is 5.11 Å². The number of carbonyl (C=O) groups is 1. The van der Waals surface area contributed by atoms with E-state index < -0.39 is 11.1 Å². The first-order chi connectivity index (χ1) is 11.5. The van der Waals surface area contributed by atoms with Crippen molar-refractivity contribution in [1.82, 2.24) is 0 Å². The third kappa shape index (κ3) is 1.51. The van der Waals surface area contributed by atoms with Crippen LogP contribution in [0.1, 0.15) is 43.9 Å². The van der Waals surface area contributed by atoms with E-state index in [9.17, 15) is 9.90 Å². The fourth-order valence-electron chi connectivity index (χ4n) is 4.64. The lowest BCUT2D eigenvalue weighted by Crippen LogP contribution is -2.55. The zero-order valence-electron chi connectivity index (χ0n) is 14.2. The SMILES string of the molecule is CC[C@@]12C(=O)[C@@]([O-])(c3ccccc31)[N+](C(C)C)=C2c1ccccc1. The van der Waals surface area contributed by atoms with Crippen molar-refractivity contribution >= 4 is 11.5 Å². The van der Waals surface area contributed by atoms with Crippen molar-refractivity contribution in [2.24, 2.45) is 0 Å². The van der Waals surface area contributed by atoms with Crippen molar-refractivity contribution in [3.05, 3.63) is 71.3 Å². The first-order valence-electron chi connectivity index (χ1n) is 8.57. The lowest BCUT2D eigenvalue weighted by atomic mass is 9.72. The molecule has 0 radical (unpaired) electrons. The van der Waals surface area contributed by atoms with Crippen LogP contribution in [-0.2, 0) is 15.9 Å². The van der Waals surface area contributed by atoms with Gasteiger partial charge in [0, 0.05) is 11.1 Å². The average Bonchev–Trinajstić information content (AvgIpc) is 2.93. The number of ketones is 1. The number of benzene rings is 2. The molecule has 2 bridgehead atoms. The second kappa shape index (κ2) is 4.87. The molecule has 0 amide bonds. The lowest BCUT2D eigenvalue weighted by molar-refractivity contribution is -0.783. The molecule has 2 aliphatic rings. The van der Waals surface area contributed by atoms with Crippen molar-refractivity contribution < 1.29 is 14.5 Å². The number of hydrogen-bond donors (Lipinski definition) is 0. The summed E-state index contributed by atoms with van der Waals surface area (Å²) >= 11 is 0. The Hall–Kier alpha value is -2.26. The van der Waals surface area contributed by atoms with Crippen LogP contribution in [0.15, 0.2) is 54.6 Å². The van der Waals surface area contributed by atoms with E-state index in [1.165, 1.54) is 0 Å². The maximum atomic E-state index is 13.9. The predicted molar refractivity (Wildman–Crippen MR) is 91.0 cm³/mol. The molecule has 3 heteroatoms. The molecule has 1 heterocycles. The van der Waals surface area contributed by atoms with E-state index >= 15 is 0 Å². The molecule has 2 aromatic carbocycles. The quantitative estimate of drug-likeness (QED) is 0.815. The maximum absolute atomic E-state index is 13.9. The molecule has 0 fully saturated rings. The highest BCUT2D eigenvalue weighted by molar-refractivity contribution is 6.26. The van der Waals surface area contributed by atoms with Crippen LogP contribution < -0.4 is 5.11 Å². The molecular formula is C21H21NO2. The number of fused-ring (bicyclic) bond motifs is 5. The summed E-state index contributed by atoms with van der Waals surface area (Å²) in [6.07, 6.45) is 0.598. The summed E-state index contributed by atoms with van der Waals surface area (Å²) in [5.41, 5.74) is 0.719. The molecule has 0 aromatic heterocycles. The fourth-order valence-corrected chi connectivity index (χ4v) is 4.64. The van der Waals surface area contributed by atoms with Crippen molar-refractivity contribution in [2.45, 2.75) is 44.4 Å². The largest absolute Gasteiger partial charge is 0.785 e. The van der Waals surface area contributed by atoms with Gasteiger partial charge in [-0.3, -0.25) is 4.79 Å². The second-order valence-corrected chi connectivity index (χ2v) is 6.96. The molecule has 3 nitrogen and oxygen atoms in total. The Kier molecular flexibility index (Phi) is 3.10. The molecule has 24 heavy (non-hydrogen) atoms. The molecule has 122 valence electrons. The third-order valence-electron chi connectivity index (χ3n) is 5.53. The average molecular weight is 319 g/mol. The molecule has 0 saturated carbocycles. The van der Waals surface area contributed by atoms with E-state index in [2.05, 4.69) is 0 Å². The molecule has 1 aliphatic heterocycles. The molecule has 1 aliphatic carbocycles. The van der Waals surface area contributed by atoms with E-state index in [4.69, 9.17) is 0 Å². The molecule has 0 spiro atoms. The maximum Gasteiger partial charge on any atom is 0.213 e. The number of hydrogen-bond acceptors (Lipinski definition) is 2. The first-order valence-corrected chi connectivity index (χ1v) is 8.57. The van der Waals surface area contributed by atoms with Crippen molar-refractivity contribution in [3.8, 4) is 0 Å². The zero-order valence-corrected chi connectivity index (χ0v) is 14.2. The van der Waals surface area contributed by atoms with E-state index in [1.807, 2.05) is 79.9 Å². The smallest absolute Gasteiger partial charge is 0.213 e. The molecule has 4 rings (SSSR count). The van der Waals surface area contributed by atoms with Gasteiger partial charge in [0.2, 0.25) is 11.5 Å². The monoisotopic (exact) mass is 319 g/mol. The van der Waals surface area contributed by atoms with Gasteiger partial charge in [-0.05, 0) is 38.0 Å². The third-order valence-corrected chi connectivity index (χ3v) is 5.53. The summed E-state index contributed by atoms with van der Waals surface area (Å²) in [6.45, 7) is 5.98. The van der Waals surface area contributed by atoms with E-state index in [0.29, 0.717) is 12.0 Å². The molecule has 0 saturated heterocycles. The van der Waals surface area contributed by atoms with Crippen molar-refractivity contribution in [3.63, 3.8) is 0 Å². The molecule has 2 atom stereocenters. The van der Waals surface area contributed by atoms with Gasteiger partial charge in [-0.2, -0.15) is 0 Å². The van der Waals surface area contributed by atoms with Crippen molar-refractivity contribution in [1.29, 1.82) is 0 Å². The van der Waals surface area contributed by atoms with Gasteiger partial charge in [0.05, 0.1) is 0 Å². The van der Waals surface area contributed by atoms with Gasteiger partial charge in [0.1, 0.15) is 11.5 Å². The summed E-state index contributed by atoms with van der Waals surface area (Å²) in [4.78, 5) is 13.4. The summed E-state index contributed by atoms with van der Waals surface area (Å²) in [5, 5.41) is 13.9. The Morgan fingerprint density at radius 3 is 2.17 bits per heavy atom. The van der Waals surface area contributed by atoms with Gasteiger partial charge in [-0.15, -0.1) is 0 Å². The number of rotatable bonds is 3. The highest BCUT2D eigenvalue weighted by atomic mass is 16.3. The van der Waals surface area contributed by atoms with Gasteiger partial charge >= 0.3 is 0 Å². The number of Topliss-reactive ketones (excluding diaryl/α,β-unsaturated/α-hetero) is 1. The Balaban J connectivity index is 2.15. The van der Waals surface area contributed by atoms with Crippen LogP contribution in [0, 0.1) is 0 Å². The Bertz CT molecular complexity index is 868. The molecule has 2 aromatic rings. The first kappa shape index (κ1) is 15.3. The van der Waals surface area contributed by atoms with Crippen LogP contribution in [0.3, 0.4) is 0 Å². The summed E-state index contributed by atoms with van der Waals surface area (Å²) in [5.74, 6) is -0.216. The van der Waals surface area contributed by atoms with Gasteiger partial charge in [-0.1, -0.05) is 49.4 Å². The van der Waals surface area contributed by atoms with Crippen LogP contribution in [0.25, 0.3) is 0 Å². The van der Waals surface area contributed by atoms with Crippen molar-refractivity contribution in [2.75, 3.05) is 0 Å². The summed E-state index contributed by atoms with van der Waals surface area (Å²) in [6, 6.07) is 17.4. The topological polar surface area (TPSA) is 43.1 Å². The van der Waals surface area contributed by atoms with Crippen LogP contribution in [0.5, 0.6) is 0 Å². The second-order valence-electron chi connectivity index (χ2n) is 6.96. The standard InChI is InChI=1S/C21H21NO2/c1-4-20-16-12-8-9-13-17(16)21(24,19(20)23)22(14(2)3)18(20)15-10-6-5-7-11-15/h5-14H,4H2,1-3H3/t20-,21+/m1/s1. The highest BCUT2D eigenvalue weighted by Crippen LogP contribution is 2.53. The minimum Gasteiger partial charge on any atom is -0.785 e. The fraction of sp³-hybridized carbons (Fsp3) is 0.333.